The van der Waals surface area contributed by atoms with Gasteiger partial charge in [0.2, 0.25) is 0 Å². The predicted molar refractivity (Wildman–Crippen MR) is 82.1 cm³/mol. The second kappa shape index (κ2) is 5.17. The van der Waals surface area contributed by atoms with Crippen molar-refractivity contribution in [2.45, 2.75) is 45.8 Å². The number of carbonyl (C=O) groups is 1. The standard InChI is InChI=1S/C14H21BrO2Si/c1-10-7-12(15)8-11(9-16)13(10)17-18(5,6)14(2,3)4/h7-9H,1-6H3. The fourth-order valence-corrected chi connectivity index (χ4v) is 3.08. The third-order valence-electron chi connectivity index (χ3n) is 3.56. The summed E-state index contributed by atoms with van der Waals surface area (Å²) < 4.78 is 7.17. The van der Waals surface area contributed by atoms with E-state index in [9.17, 15) is 4.79 Å². The van der Waals surface area contributed by atoms with Gasteiger partial charge in [-0.25, -0.2) is 0 Å². The molecule has 0 spiro atoms. The Balaban J connectivity index is 3.23. The van der Waals surface area contributed by atoms with E-state index in [1.807, 2.05) is 19.1 Å². The molecule has 0 aliphatic heterocycles. The number of hydrogen-bond donors (Lipinski definition) is 0. The largest absolute Gasteiger partial charge is 0.543 e. The normalized spacial score (nSPS) is 12.4. The van der Waals surface area contributed by atoms with Crippen molar-refractivity contribution in [3.63, 3.8) is 0 Å². The summed E-state index contributed by atoms with van der Waals surface area (Å²) in [6.45, 7) is 12.9. The maximum atomic E-state index is 11.2. The fourth-order valence-electron chi connectivity index (χ4n) is 1.39. The molecule has 0 amide bonds. The summed E-state index contributed by atoms with van der Waals surface area (Å²) >= 11 is 3.40. The topological polar surface area (TPSA) is 26.3 Å². The molecule has 0 radical (unpaired) electrons. The number of rotatable bonds is 3. The first-order chi connectivity index (χ1) is 8.08. The lowest BCUT2D eigenvalue weighted by atomic mass is 10.1. The molecule has 2 nitrogen and oxygen atoms in total. The van der Waals surface area contributed by atoms with Crippen molar-refractivity contribution < 1.29 is 9.22 Å². The van der Waals surface area contributed by atoms with Gasteiger partial charge in [0.1, 0.15) is 5.75 Å². The van der Waals surface area contributed by atoms with E-state index in [2.05, 4.69) is 49.8 Å². The van der Waals surface area contributed by atoms with Gasteiger partial charge in [-0.3, -0.25) is 4.79 Å². The summed E-state index contributed by atoms with van der Waals surface area (Å²) in [4.78, 5) is 11.2. The maximum absolute atomic E-state index is 11.2. The summed E-state index contributed by atoms with van der Waals surface area (Å²) in [7, 11) is -1.92. The molecule has 1 aromatic rings. The van der Waals surface area contributed by atoms with E-state index in [4.69, 9.17) is 4.43 Å². The smallest absolute Gasteiger partial charge is 0.250 e. The highest BCUT2D eigenvalue weighted by atomic mass is 79.9. The number of carbonyl (C=O) groups excluding carboxylic acids is 1. The van der Waals surface area contributed by atoms with Gasteiger partial charge in [-0.1, -0.05) is 36.7 Å². The maximum Gasteiger partial charge on any atom is 0.250 e. The van der Waals surface area contributed by atoms with Gasteiger partial charge in [0.25, 0.3) is 8.32 Å². The van der Waals surface area contributed by atoms with Crippen LogP contribution in [0.5, 0.6) is 5.75 Å². The van der Waals surface area contributed by atoms with E-state index in [1.165, 1.54) is 0 Å². The summed E-state index contributed by atoms with van der Waals surface area (Å²) in [6.07, 6.45) is 0.861. The van der Waals surface area contributed by atoms with Crippen LogP contribution in [0, 0.1) is 6.92 Å². The van der Waals surface area contributed by atoms with Gasteiger partial charge in [0.15, 0.2) is 6.29 Å². The van der Waals surface area contributed by atoms with Crippen LogP contribution in [0.15, 0.2) is 16.6 Å². The molecule has 0 aliphatic carbocycles. The first-order valence-corrected chi connectivity index (χ1v) is 9.73. The van der Waals surface area contributed by atoms with Gasteiger partial charge in [0, 0.05) is 4.47 Å². The van der Waals surface area contributed by atoms with Crippen LogP contribution in [0.2, 0.25) is 18.1 Å². The van der Waals surface area contributed by atoms with Gasteiger partial charge >= 0.3 is 0 Å². The molecule has 0 saturated carbocycles. The highest BCUT2D eigenvalue weighted by Gasteiger charge is 2.39. The van der Waals surface area contributed by atoms with E-state index >= 15 is 0 Å². The minimum Gasteiger partial charge on any atom is -0.543 e. The minimum atomic E-state index is -1.92. The number of hydrogen-bond acceptors (Lipinski definition) is 2. The average Bonchev–Trinajstić information content (AvgIpc) is 2.19. The average molecular weight is 329 g/mol. The van der Waals surface area contributed by atoms with Crippen molar-refractivity contribution in [1.82, 2.24) is 0 Å². The predicted octanol–water partition coefficient (Wildman–Crippen LogP) is 4.95. The van der Waals surface area contributed by atoms with Crippen LogP contribution in [0.25, 0.3) is 0 Å². The molecule has 0 atom stereocenters. The van der Waals surface area contributed by atoms with Gasteiger partial charge in [-0.2, -0.15) is 0 Å². The summed E-state index contributed by atoms with van der Waals surface area (Å²) in [5, 5.41) is 0.118. The van der Waals surface area contributed by atoms with Crippen LogP contribution < -0.4 is 4.43 Å². The molecular weight excluding hydrogens is 308 g/mol. The molecule has 0 heterocycles. The van der Waals surface area contributed by atoms with E-state index in [1.54, 1.807) is 0 Å². The zero-order valence-corrected chi connectivity index (χ0v) is 14.5. The molecule has 0 aromatic heterocycles. The Morgan fingerprint density at radius 2 is 1.83 bits per heavy atom. The molecule has 1 aromatic carbocycles. The molecule has 4 heteroatoms. The Labute approximate surface area is 119 Å². The van der Waals surface area contributed by atoms with E-state index in [0.717, 1.165) is 22.1 Å². The van der Waals surface area contributed by atoms with Gasteiger partial charge in [0.05, 0.1) is 5.56 Å². The first kappa shape index (κ1) is 15.4. The fraction of sp³-hybridized carbons (Fsp3) is 0.500. The van der Waals surface area contributed by atoms with Crippen LogP contribution in [0.3, 0.4) is 0 Å². The van der Waals surface area contributed by atoms with E-state index in [-0.39, 0.29) is 5.04 Å². The second-order valence-corrected chi connectivity index (χ2v) is 11.8. The molecule has 0 N–H and O–H groups in total. The third kappa shape index (κ3) is 3.23. The third-order valence-corrected chi connectivity index (χ3v) is 8.34. The van der Waals surface area contributed by atoms with E-state index < -0.39 is 8.32 Å². The quantitative estimate of drug-likeness (QED) is 0.579. The van der Waals surface area contributed by atoms with Crippen molar-refractivity contribution in [1.29, 1.82) is 0 Å². The summed E-state index contributed by atoms with van der Waals surface area (Å²) in [6, 6.07) is 3.79. The Morgan fingerprint density at radius 1 is 1.28 bits per heavy atom. The Bertz CT molecular complexity index is 462. The van der Waals surface area contributed by atoms with Crippen LogP contribution in [0.4, 0.5) is 0 Å². The zero-order chi connectivity index (χ0) is 14.1. The Morgan fingerprint density at radius 3 is 2.28 bits per heavy atom. The monoisotopic (exact) mass is 328 g/mol. The van der Waals surface area contributed by atoms with Gasteiger partial charge in [-0.05, 0) is 42.8 Å². The molecule has 18 heavy (non-hydrogen) atoms. The van der Waals surface area contributed by atoms with Crippen LogP contribution in [-0.2, 0) is 0 Å². The molecular formula is C14H21BrO2Si. The van der Waals surface area contributed by atoms with Crippen molar-refractivity contribution in [3.8, 4) is 5.75 Å². The van der Waals surface area contributed by atoms with Gasteiger partial charge in [-0.15, -0.1) is 0 Å². The minimum absolute atomic E-state index is 0.118. The highest BCUT2D eigenvalue weighted by molar-refractivity contribution is 9.10. The number of benzene rings is 1. The second-order valence-electron chi connectivity index (χ2n) is 6.12. The van der Waals surface area contributed by atoms with Gasteiger partial charge < -0.3 is 4.43 Å². The van der Waals surface area contributed by atoms with E-state index in [0.29, 0.717) is 5.56 Å². The van der Waals surface area contributed by atoms with Crippen molar-refractivity contribution in [2.75, 3.05) is 0 Å². The molecule has 0 aliphatic rings. The molecule has 100 valence electrons. The van der Waals surface area contributed by atoms with Crippen LogP contribution >= 0.6 is 15.9 Å². The molecule has 1 rings (SSSR count). The lowest BCUT2D eigenvalue weighted by Gasteiger charge is -2.37. The molecule has 0 saturated heterocycles. The zero-order valence-electron chi connectivity index (χ0n) is 11.9. The van der Waals surface area contributed by atoms with Crippen molar-refractivity contribution in [3.05, 3.63) is 27.7 Å². The molecule has 0 fully saturated rings. The SMILES string of the molecule is Cc1cc(Br)cc(C=O)c1O[Si](C)(C)C(C)(C)C. The molecule has 0 unspecified atom stereocenters. The molecule has 0 bridgehead atoms. The lowest BCUT2D eigenvalue weighted by molar-refractivity contribution is 0.112. The lowest BCUT2D eigenvalue weighted by Crippen LogP contribution is -2.44. The summed E-state index contributed by atoms with van der Waals surface area (Å²) in [5.74, 6) is 0.736. The van der Waals surface area contributed by atoms with Crippen LogP contribution in [-0.4, -0.2) is 14.6 Å². The highest BCUT2D eigenvalue weighted by Crippen LogP contribution is 2.39. The Kier molecular flexibility index (Phi) is 4.44. The number of aldehydes is 1. The van der Waals surface area contributed by atoms with Crippen molar-refractivity contribution in [2.24, 2.45) is 0 Å². The van der Waals surface area contributed by atoms with Crippen LogP contribution in [0.1, 0.15) is 36.7 Å². The van der Waals surface area contributed by atoms with Crippen molar-refractivity contribution >= 4 is 30.5 Å². The summed E-state index contributed by atoms with van der Waals surface area (Å²) in [5.41, 5.74) is 1.61. The Hall–Kier alpha value is -0.613. The first-order valence-electron chi connectivity index (χ1n) is 6.03. The number of aryl methyl sites for hydroxylation is 1. The number of halogens is 1.